The monoisotopic (exact) mass is 238 g/mol. The molecule has 3 atom stereocenters. The van der Waals surface area contributed by atoms with Crippen LogP contribution in [0.4, 0.5) is 0 Å². The second kappa shape index (κ2) is 5.27. The topological polar surface area (TPSA) is 6.48 Å². The highest BCUT2D eigenvalue weighted by Crippen LogP contribution is 2.38. The Labute approximate surface area is 107 Å². The second-order valence-corrected chi connectivity index (χ2v) is 6.44. The van der Waals surface area contributed by atoms with Crippen molar-refractivity contribution in [3.63, 3.8) is 0 Å². The van der Waals surface area contributed by atoms with Crippen LogP contribution < -0.4 is 0 Å². The van der Waals surface area contributed by atoms with Crippen molar-refractivity contribution in [1.29, 1.82) is 0 Å². The van der Waals surface area contributed by atoms with Gasteiger partial charge in [0, 0.05) is 30.7 Å². The van der Waals surface area contributed by atoms with Gasteiger partial charge in [0.15, 0.2) is 0 Å². The average molecular weight is 238 g/mol. The van der Waals surface area contributed by atoms with Crippen molar-refractivity contribution in [2.24, 2.45) is 0 Å². The smallest absolute Gasteiger partial charge is 0.0244 e. The lowest BCUT2D eigenvalue weighted by Gasteiger charge is -2.45. The summed E-state index contributed by atoms with van der Waals surface area (Å²) in [6.45, 7) is 9.80. The van der Waals surface area contributed by atoms with E-state index in [-0.39, 0.29) is 0 Å². The zero-order valence-corrected chi connectivity index (χ0v) is 12.2. The molecule has 100 valence electrons. The molecule has 0 amide bonds. The Morgan fingerprint density at radius 1 is 1.12 bits per heavy atom. The number of likely N-dealkylation sites (tertiary alicyclic amines) is 2. The van der Waals surface area contributed by atoms with E-state index in [0.29, 0.717) is 5.54 Å². The van der Waals surface area contributed by atoms with Gasteiger partial charge < -0.3 is 4.90 Å². The molecule has 0 saturated carbocycles. The van der Waals surface area contributed by atoms with Crippen molar-refractivity contribution < 1.29 is 0 Å². The number of unbranched alkanes of at least 4 members (excludes halogenated alkanes) is 2. The predicted molar refractivity (Wildman–Crippen MR) is 74.4 cm³/mol. The molecule has 0 aliphatic carbocycles. The van der Waals surface area contributed by atoms with Crippen molar-refractivity contribution >= 4 is 0 Å². The fourth-order valence-corrected chi connectivity index (χ4v) is 3.81. The lowest BCUT2D eigenvalue weighted by atomic mass is 9.88. The van der Waals surface area contributed by atoms with Crippen LogP contribution in [0.1, 0.15) is 59.3 Å². The summed E-state index contributed by atoms with van der Waals surface area (Å²) in [6.07, 6.45) is 8.27. The first-order valence-electron chi connectivity index (χ1n) is 7.57. The molecule has 0 aromatic rings. The van der Waals surface area contributed by atoms with E-state index in [1.165, 1.54) is 51.6 Å². The first kappa shape index (κ1) is 13.4. The fourth-order valence-electron chi connectivity index (χ4n) is 3.81. The molecule has 2 heteroatoms. The summed E-state index contributed by atoms with van der Waals surface area (Å²) in [7, 11) is 2.29. The molecule has 0 aromatic carbocycles. The molecule has 2 nitrogen and oxygen atoms in total. The third kappa shape index (κ3) is 2.53. The zero-order valence-electron chi connectivity index (χ0n) is 12.2. The van der Waals surface area contributed by atoms with Crippen molar-refractivity contribution in [1.82, 2.24) is 9.80 Å². The maximum Gasteiger partial charge on any atom is 0.0244 e. The highest BCUT2D eigenvalue weighted by Gasteiger charge is 2.47. The Morgan fingerprint density at radius 2 is 1.88 bits per heavy atom. The predicted octanol–water partition coefficient (Wildman–Crippen LogP) is 3.12. The van der Waals surface area contributed by atoms with Crippen LogP contribution in [0.15, 0.2) is 0 Å². The van der Waals surface area contributed by atoms with Gasteiger partial charge in [-0.1, -0.05) is 33.1 Å². The number of nitrogens with zero attached hydrogens (tertiary/aromatic N) is 2. The minimum Gasteiger partial charge on any atom is -0.301 e. The molecule has 2 saturated heterocycles. The van der Waals surface area contributed by atoms with E-state index in [1.807, 2.05) is 0 Å². The van der Waals surface area contributed by atoms with Gasteiger partial charge in [-0.3, -0.25) is 4.90 Å². The zero-order chi connectivity index (χ0) is 12.5. The Bertz CT molecular complexity index is 251. The highest BCUT2D eigenvalue weighted by atomic mass is 15.4. The Balaban J connectivity index is 1.94. The molecule has 17 heavy (non-hydrogen) atoms. The van der Waals surface area contributed by atoms with E-state index >= 15 is 0 Å². The second-order valence-electron chi connectivity index (χ2n) is 6.44. The summed E-state index contributed by atoms with van der Waals surface area (Å²) >= 11 is 0. The van der Waals surface area contributed by atoms with E-state index in [1.54, 1.807) is 0 Å². The van der Waals surface area contributed by atoms with Crippen LogP contribution in [-0.4, -0.2) is 47.6 Å². The standard InChI is InChI=1S/C15H30N2/c1-5-7-8-9-15(3,6-2)17-12-13-10-14(17)11-16(13)4/h13-14H,5-12H2,1-4H3/t13-,14-,15?/m0/s1. The maximum absolute atomic E-state index is 2.84. The Kier molecular flexibility index (Phi) is 4.14. The van der Waals surface area contributed by atoms with Crippen LogP contribution in [0.3, 0.4) is 0 Å². The van der Waals surface area contributed by atoms with Gasteiger partial charge in [0.1, 0.15) is 0 Å². The molecule has 2 bridgehead atoms. The van der Waals surface area contributed by atoms with Crippen molar-refractivity contribution in [2.45, 2.75) is 76.9 Å². The average Bonchev–Trinajstić information content (AvgIpc) is 2.88. The van der Waals surface area contributed by atoms with Crippen LogP contribution in [0.5, 0.6) is 0 Å². The molecule has 2 fully saturated rings. The largest absolute Gasteiger partial charge is 0.301 e. The minimum atomic E-state index is 0.468. The summed E-state index contributed by atoms with van der Waals surface area (Å²) in [4.78, 5) is 5.40. The van der Waals surface area contributed by atoms with Gasteiger partial charge in [-0.2, -0.15) is 0 Å². The summed E-state index contributed by atoms with van der Waals surface area (Å²) in [5, 5.41) is 0. The number of rotatable bonds is 6. The summed E-state index contributed by atoms with van der Waals surface area (Å²) in [5.41, 5.74) is 0.468. The van der Waals surface area contributed by atoms with Crippen LogP contribution in [-0.2, 0) is 0 Å². The third-order valence-corrected chi connectivity index (χ3v) is 5.29. The quantitative estimate of drug-likeness (QED) is 0.656. The fraction of sp³-hybridized carbons (Fsp3) is 1.00. The molecular formula is C15H30N2. The number of likely N-dealkylation sites (N-methyl/N-ethyl adjacent to an activating group) is 1. The number of piperazine rings is 1. The molecule has 2 heterocycles. The van der Waals surface area contributed by atoms with Crippen molar-refractivity contribution in [3.05, 3.63) is 0 Å². The van der Waals surface area contributed by atoms with E-state index in [2.05, 4.69) is 37.6 Å². The molecule has 1 unspecified atom stereocenters. The molecule has 2 aliphatic rings. The summed E-state index contributed by atoms with van der Waals surface area (Å²) < 4.78 is 0. The van der Waals surface area contributed by atoms with E-state index in [4.69, 9.17) is 0 Å². The third-order valence-electron chi connectivity index (χ3n) is 5.29. The Hall–Kier alpha value is -0.0800. The van der Waals surface area contributed by atoms with Gasteiger partial charge in [-0.15, -0.1) is 0 Å². The molecular weight excluding hydrogens is 208 g/mol. The highest BCUT2D eigenvalue weighted by molar-refractivity contribution is 5.04. The van der Waals surface area contributed by atoms with Gasteiger partial charge >= 0.3 is 0 Å². The normalized spacial score (nSPS) is 33.2. The molecule has 2 aliphatic heterocycles. The number of hydrogen-bond acceptors (Lipinski definition) is 2. The molecule has 0 N–H and O–H groups in total. The lowest BCUT2D eigenvalue weighted by molar-refractivity contribution is 0.0345. The first-order valence-corrected chi connectivity index (χ1v) is 7.57. The maximum atomic E-state index is 2.84. The number of fused-ring (bicyclic) bond motifs is 2. The molecule has 0 aromatic heterocycles. The Morgan fingerprint density at radius 3 is 2.35 bits per heavy atom. The summed E-state index contributed by atoms with van der Waals surface area (Å²) in [6, 6.07) is 1.69. The van der Waals surface area contributed by atoms with Crippen LogP contribution in [0.25, 0.3) is 0 Å². The molecule has 2 rings (SSSR count). The first-order chi connectivity index (χ1) is 8.10. The van der Waals surface area contributed by atoms with Crippen molar-refractivity contribution in [3.8, 4) is 0 Å². The minimum absolute atomic E-state index is 0.468. The van der Waals surface area contributed by atoms with Gasteiger partial charge in [0.05, 0.1) is 0 Å². The number of hydrogen-bond donors (Lipinski definition) is 0. The SMILES string of the molecule is CCCCCC(C)(CC)N1C[C@@H]2C[C@H]1CN2C. The van der Waals surface area contributed by atoms with Gasteiger partial charge in [0.2, 0.25) is 0 Å². The molecule has 0 radical (unpaired) electrons. The van der Waals surface area contributed by atoms with Crippen molar-refractivity contribution in [2.75, 3.05) is 20.1 Å². The van der Waals surface area contributed by atoms with Crippen LogP contribution in [0.2, 0.25) is 0 Å². The van der Waals surface area contributed by atoms with E-state index in [0.717, 1.165) is 12.1 Å². The van der Waals surface area contributed by atoms with Crippen LogP contribution in [0, 0.1) is 0 Å². The van der Waals surface area contributed by atoms with Gasteiger partial charge in [-0.05, 0) is 33.2 Å². The van der Waals surface area contributed by atoms with E-state index in [9.17, 15) is 0 Å². The molecule has 0 spiro atoms. The van der Waals surface area contributed by atoms with Gasteiger partial charge in [-0.25, -0.2) is 0 Å². The van der Waals surface area contributed by atoms with E-state index < -0.39 is 0 Å². The lowest BCUT2D eigenvalue weighted by Crippen LogP contribution is -2.55. The summed E-state index contributed by atoms with van der Waals surface area (Å²) in [5.74, 6) is 0. The van der Waals surface area contributed by atoms with Gasteiger partial charge in [0.25, 0.3) is 0 Å². The van der Waals surface area contributed by atoms with Crippen LogP contribution >= 0.6 is 0 Å².